The Morgan fingerprint density at radius 2 is 1.61 bits per heavy atom. The minimum atomic E-state index is -0.327. The molecule has 3 rings (SSSR count). The second-order valence-corrected chi connectivity index (χ2v) is 7.27. The summed E-state index contributed by atoms with van der Waals surface area (Å²) in [6, 6.07) is 10.9. The monoisotopic (exact) mass is 428 g/mol. The number of benzene rings is 2. The van der Waals surface area contributed by atoms with Gasteiger partial charge in [0.05, 0.1) is 40.3 Å². The van der Waals surface area contributed by atoms with Crippen molar-refractivity contribution >= 4 is 11.6 Å². The van der Waals surface area contributed by atoms with Gasteiger partial charge < -0.3 is 23.8 Å². The molecule has 0 unspecified atom stereocenters. The Labute approximate surface area is 182 Å². The number of hydrogen-bond acceptors (Lipinski definition) is 6. The van der Waals surface area contributed by atoms with Crippen LogP contribution in [0.1, 0.15) is 28.4 Å². The number of morpholine rings is 1. The van der Waals surface area contributed by atoms with Crippen LogP contribution >= 0.6 is 0 Å². The highest BCUT2D eigenvalue weighted by Crippen LogP contribution is 2.27. The van der Waals surface area contributed by atoms with Crippen LogP contribution in [0.15, 0.2) is 41.5 Å². The summed E-state index contributed by atoms with van der Waals surface area (Å²) in [6.45, 7) is 6.22. The lowest BCUT2D eigenvalue weighted by Gasteiger charge is -2.24. The zero-order chi connectivity index (χ0) is 22.2. The van der Waals surface area contributed by atoms with Crippen LogP contribution in [0.4, 0.5) is 0 Å². The summed E-state index contributed by atoms with van der Waals surface area (Å²) in [5.74, 6) is 1.57. The Morgan fingerprint density at radius 1 is 0.968 bits per heavy atom. The van der Waals surface area contributed by atoms with E-state index in [-0.39, 0.29) is 5.91 Å². The zero-order valence-corrected chi connectivity index (χ0v) is 18.5. The molecule has 1 heterocycles. The third-order valence-corrected chi connectivity index (χ3v) is 5.31. The van der Waals surface area contributed by atoms with Crippen molar-refractivity contribution in [3.8, 4) is 17.2 Å². The SMILES string of the molecule is COc1ccc(/C(C)=N\NC(=O)c2ccc(OC)c(OC)c2)cc1C[NH+]1CCOCC1. The number of nitrogens with one attached hydrogen (secondary N) is 2. The molecule has 1 aliphatic heterocycles. The summed E-state index contributed by atoms with van der Waals surface area (Å²) in [5.41, 5.74) is 5.79. The Kier molecular flexibility index (Phi) is 7.86. The van der Waals surface area contributed by atoms with Gasteiger partial charge in [0.1, 0.15) is 25.4 Å². The average molecular weight is 429 g/mol. The smallest absolute Gasteiger partial charge is 0.271 e. The molecule has 0 aliphatic carbocycles. The lowest BCUT2D eigenvalue weighted by atomic mass is 10.1. The number of carbonyl (C=O) groups excluding carboxylic acids is 1. The summed E-state index contributed by atoms with van der Waals surface area (Å²) in [4.78, 5) is 14.0. The van der Waals surface area contributed by atoms with E-state index >= 15 is 0 Å². The van der Waals surface area contributed by atoms with E-state index in [0.717, 1.165) is 49.7 Å². The predicted molar refractivity (Wildman–Crippen MR) is 117 cm³/mol. The summed E-state index contributed by atoms with van der Waals surface area (Å²) in [5, 5.41) is 4.29. The molecule has 8 heteroatoms. The summed E-state index contributed by atoms with van der Waals surface area (Å²) >= 11 is 0. The highest BCUT2D eigenvalue weighted by atomic mass is 16.5. The maximum absolute atomic E-state index is 12.5. The number of carbonyl (C=O) groups is 1. The first-order valence-electron chi connectivity index (χ1n) is 10.2. The molecular formula is C23H30N3O5+. The van der Waals surface area contributed by atoms with Crippen molar-refractivity contribution in [2.75, 3.05) is 47.6 Å². The molecule has 31 heavy (non-hydrogen) atoms. The maximum atomic E-state index is 12.5. The van der Waals surface area contributed by atoms with Crippen molar-refractivity contribution in [2.45, 2.75) is 13.5 Å². The van der Waals surface area contributed by atoms with Crippen LogP contribution in [0.5, 0.6) is 17.2 Å². The van der Waals surface area contributed by atoms with Crippen LogP contribution in [0.3, 0.4) is 0 Å². The van der Waals surface area contributed by atoms with Crippen LogP contribution in [-0.4, -0.2) is 59.3 Å². The highest BCUT2D eigenvalue weighted by molar-refractivity contribution is 6.01. The summed E-state index contributed by atoms with van der Waals surface area (Å²) in [7, 11) is 4.76. The van der Waals surface area contributed by atoms with Crippen molar-refractivity contribution in [3.05, 3.63) is 53.1 Å². The normalized spacial score (nSPS) is 14.8. The van der Waals surface area contributed by atoms with Gasteiger partial charge in [-0.05, 0) is 48.9 Å². The molecule has 1 fully saturated rings. The van der Waals surface area contributed by atoms with Gasteiger partial charge in [0.2, 0.25) is 0 Å². The molecule has 0 spiro atoms. The lowest BCUT2D eigenvalue weighted by molar-refractivity contribution is -0.921. The molecule has 8 nitrogen and oxygen atoms in total. The third kappa shape index (κ3) is 5.74. The van der Waals surface area contributed by atoms with Crippen molar-refractivity contribution in [1.29, 1.82) is 0 Å². The molecule has 0 bridgehead atoms. The van der Waals surface area contributed by atoms with Gasteiger partial charge in [-0.3, -0.25) is 4.79 Å². The van der Waals surface area contributed by atoms with E-state index in [1.54, 1.807) is 32.4 Å². The first-order valence-corrected chi connectivity index (χ1v) is 10.2. The summed E-state index contributed by atoms with van der Waals surface area (Å²) in [6.07, 6.45) is 0. The van der Waals surface area contributed by atoms with Crippen LogP contribution in [0.25, 0.3) is 0 Å². The fourth-order valence-corrected chi connectivity index (χ4v) is 3.49. The minimum Gasteiger partial charge on any atom is -0.496 e. The third-order valence-electron chi connectivity index (χ3n) is 5.31. The van der Waals surface area contributed by atoms with E-state index in [9.17, 15) is 4.79 Å². The Balaban J connectivity index is 1.73. The van der Waals surface area contributed by atoms with E-state index in [1.807, 2.05) is 19.1 Å². The van der Waals surface area contributed by atoms with E-state index < -0.39 is 0 Å². The fraction of sp³-hybridized carbons (Fsp3) is 0.391. The molecule has 2 aromatic carbocycles. The second kappa shape index (κ2) is 10.8. The van der Waals surface area contributed by atoms with Gasteiger partial charge in [-0.25, -0.2) is 5.43 Å². The van der Waals surface area contributed by atoms with Gasteiger partial charge >= 0.3 is 0 Å². The van der Waals surface area contributed by atoms with Crippen LogP contribution in [0, 0.1) is 0 Å². The average Bonchev–Trinajstić information content (AvgIpc) is 2.82. The largest absolute Gasteiger partial charge is 0.496 e. The number of quaternary nitrogens is 1. The van der Waals surface area contributed by atoms with Gasteiger partial charge in [0.25, 0.3) is 5.91 Å². The number of ether oxygens (including phenoxy) is 4. The number of hydrogen-bond donors (Lipinski definition) is 2. The van der Waals surface area contributed by atoms with Crippen LogP contribution in [-0.2, 0) is 11.3 Å². The van der Waals surface area contributed by atoms with E-state index in [2.05, 4.69) is 16.6 Å². The van der Waals surface area contributed by atoms with E-state index in [0.29, 0.717) is 22.8 Å². The van der Waals surface area contributed by atoms with Crippen molar-refractivity contribution < 1.29 is 28.6 Å². The Bertz CT molecular complexity index is 939. The first kappa shape index (κ1) is 22.6. The molecular weight excluding hydrogens is 398 g/mol. The standard InChI is InChI=1S/C23H29N3O5/c1-16(24-25-23(27)18-6-8-21(29-3)22(14-18)30-4)17-5-7-20(28-2)19(13-17)15-26-9-11-31-12-10-26/h5-8,13-14H,9-12,15H2,1-4H3,(H,25,27)/p+1/b24-16-. The second-order valence-electron chi connectivity index (χ2n) is 7.27. The van der Waals surface area contributed by atoms with Crippen molar-refractivity contribution in [2.24, 2.45) is 5.10 Å². The maximum Gasteiger partial charge on any atom is 0.271 e. The molecule has 1 amide bonds. The molecule has 0 atom stereocenters. The molecule has 1 saturated heterocycles. The summed E-state index contributed by atoms with van der Waals surface area (Å²) < 4.78 is 21.5. The van der Waals surface area contributed by atoms with Gasteiger partial charge in [0, 0.05) is 11.1 Å². The molecule has 0 radical (unpaired) electrons. The number of methoxy groups -OCH3 is 3. The van der Waals surface area contributed by atoms with Crippen molar-refractivity contribution in [3.63, 3.8) is 0 Å². The number of nitrogens with zero attached hydrogens (tertiary/aromatic N) is 1. The van der Waals surface area contributed by atoms with Gasteiger partial charge in [-0.15, -0.1) is 0 Å². The molecule has 2 aromatic rings. The Morgan fingerprint density at radius 3 is 2.29 bits per heavy atom. The topological polar surface area (TPSA) is 82.8 Å². The van der Waals surface area contributed by atoms with Gasteiger partial charge in [-0.1, -0.05) is 0 Å². The number of amides is 1. The Hall–Kier alpha value is -3.10. The van der Waals surface area contributed by atoms with Crippen molar-refractivity contribution in [1.82, 2.24) is 5.43 Å². The fourth-order valence-electron chi connectivity index (χ4n) is 3.49. The zero-order valence-electron chi connectivity index (χ0n) is 18.5. The molecule has 2 N–H and O–H groups in total. The van der Waals surface area contributed by atoms with Crippen LogP contribution in [0.2, 0.25) is 0 Å². The highest BCUT2D eigenvalue weighted by Gasteiger charge is 2.17. The number of hydrazone groups is 1. The molecule has 0 aromatic heterocycles. The quantitative estimate of drug-likeness (QED) is 0.489. The molecule has 1 aliphatic rings. The van der Waals surface area contributed by atoms with Crippen LogP contribution < -0.4 is 24.5 Å². The first-order chi connectivity index (χ1) is 15.0. The van der Waals surface area contributed by atoms with E-state index in [1.165, 1.54) is 12.0 Å². The van der Waals surface area contributed by atoms with Gasteiger partial charge in [0.15, 0.2) is 11.5 Å². The predicted octanol–water partition coefficient (Wildman–Crippen LogP) is 1.28. The lowest BCUT2D eigenvalue weighted by Crippen LogP contribution is -3.12. The van der Waals surface area contributed by atoms with E-state index in [4.69, 9.17) is 18.9 Å². The molecule has 0 saturated carbocycles. The minimum absolute atomic E-state index is 0.327. The number of rotatable bonds is 8. The van der Waals surface area contributed by atoms with Gasteiger partial charge in [-0.2, -0.15) is 5.10 Å². The molecule has 166 valence electrons.